The largest absolute Gasteiger partial charge is 0.436 e. The fourth-order valence-electron chi connectivity index (χ4n) is 2.72. The molecule has 0 spiro atoms. The van der Waals surface area contributed by atoms with Crippen molar-refractivity contribution in [3.8, 4) is 11.5 Å². The van der Waals surface area contributed by atoms with Gasteiger partial charge in [-0.2, -0.15) is 18.3 Å². The fraction of sp³-hybridized carbons (Fsp3) is 0.375. The van der Waals surface area contributed by atoms with Crippen LogP contribution in [0.1, 0.15) is 36.0 Å². The van der Waals surface area contributed by atoms with Crippen molar-refractivity contribution in [2.24, 2.45) is 0 Å². The highest BCUT2D eigenvalue weighted by Crippen LogP contribution is 2.46. The zero-order chi connectivity index (χ0) is 18.3. The second kappa shape index (κ2) is 6.39. The van der Waals surface area contributed by atoms with Gasteiger partial charge in [-0.05, 0) is 25.0 Å². The van der Waals surface area contributed by atoms with Crippen LogP contribution in [-0.2, 0) is 19.1 Å². The normalized spacial score (nSPS) is 14.8. The third kappa shape index (κ3) is 3.31. The molecule has 0 bridgehead atoms. The summed E-state index contributed by atoms with van der Waals surface area (Å²) in [7, 11) is 0. The SMILES string of the molecule is FC(F)(F)c1nn(CCc2nnc(-c3ccncc3)o2)c(C2CC2)c1Cl. The summed E-state index contributed by atoms with van der Waals surface area (Å²) in [5, 5.41) is 11.3. The van der Waals surface area contributed by atoms with E-state index in [0.717, 1.165) is 18.4 Å². The van der Waals surface area contributed by atoms with E-state index >= 15 is 0 Å². The van der Waals surface area contributed by atoms with Crippen LogP contribution in [0.3, 0.4) is 0 Å². The van der Waals surface area contributed by atoms with Crippen LogP contribution in [0.2, 0.25) is 5.02 Å². The number of aromatic nitrogens is 5. The molecule has 0 N–H and O–H groups in total. The predicted octanol–water partition coefficient (Wildman–Crippen LogP) is 4.12. The average molecular weight is 384 g/mol. The molecule has 1 aliphatic rings. The number of halogens is 4. The quantitative estimate of drug-likeness (QED) is 0.662. The minimum absolute atomic E-state index is 0.0289. The van der Waals surface area contributed by atoms with Crippen LogP contribution in [0.4, 0.5) is 13.2 Å². The first-order chi connectivity index (χ1) is 12.4. The van der Waals surface area contributed by atoms with Gasteiger partial charge in [-0.25, -0.2) is 0 Å². The summed E-state index contributed by atoms with van der Waals surface area (Å²) in [6.07, 6.45) is 0.514. The number of rotatable bonds is 5. The summed E-state index contributed by atoms with van der Waals surface area (Å²) < 4.78 is 46.1. The molecule has 10 heteroatoms. The van der Waals surface area contributed by atoms with Crippen molar-refractivity contribution in [2.45, 2.75) is 37.9 Å². The molecule has 0 atom stereocenters. The van der Waals surface area contributed by atoms with E-state index in [-0.39, 0.29) is 23.9 Å². The minimum atomic E-state index is -4.58. The Hall–Kier alpha value is -2.42. The van der Waals surface area contributed by atoms with Crippen LogP contribution in [-0.4, -0.2) is 25.0 Å². The Bertz CT molecular complexity index is 918. The summed E-state index contributed by atoms with van der Waals surface area (Å²) in [5.41, 5.74) is 0.121. The van der Waals surface area contributed by atoms with Crippen LogP contribution in [0.5, 0.6) is 0 Å². The first-order valence-electron chi connectivity index (χ1n) is 7.99. The number of pyridine rings is 1. The van der Waals surface area contributed by atoms with Crippen molar-refractivity contribution in [1.82, 2.24) is 25.0 Å². The van der Waals surface area contributed by atoms with Crippen LogP contribution >= 0.6 is 11.6 Å². The van der Waals surface area contributed by atoms with Crippen LogP contribution < -0.4 is 0 Å². The van der Waals surface area contributed by atoms with Gasteiger partial charge < -0.3 is 4.42 Å². The van der Waals surface area contributed by atoms with E-state index in [9.17, 15) is 13.2 Å². The van der Waals surface area contributed by atoms with E-state index < -0.39 is 11.9 Å². The number of hydrogen-bond donors (Lipinski definition) is 0. The van der Waals surface area contributed by atoms with Gasteiger partial charge in [-0.15, -0.1) is 10.2 Å². The highest BCUT2D eigenvalue weighted by atomic mass is 35.5. The lowest BCUT2D eigenvalue weighted by Crippen LogP contribution is -2.10. The summed E-state index contributed by atoms with van der Waals surface area (Å²) >= 11 is 5.95. The average Bonchev–Trinajstić information content (AvgIpc) is 3.22. The molecule has 26 heavy (non-hydrogen) atoms. The summed E-state index contributed by atoms with van der Waals surface area (Å²) in [6.45, 7) is 0.180. The Morgan fingerprint density at radius 1 is 1.19 bits per heavy atom. The van der Waals surface area contributed by atoms with Gasteiger partial charge in [0.1, 0.15) is 0 Å². The Morgan fingerprint density at radius 3 is 2.58 bits per heavy atom. The van der Waals surface area contributed by atoms with E-state index in [2.05, 4.69) is 20.3 Å². The molecule has 1 fully saturated rings. The van der Waals surface area contributed by atoms with Gasteiger partial charge in [0.15, 0.2) is 5.69 Å². The molecule has 0 aliphatic heterocycles. The Morgan fingerprint density at radius 2 is 1.92 bits per heavy atom. The molecule has 0 saturated heterocycles. The molecule has 3 heterocycles. The third-order valence-corrected chi connectivity index (χ3v) is 4.47. The first-order valence-corrected chi connectivity index (χ1v) is 8.37. The molecule has 0 amide bonds. The number of hydrogen-bond acceptors (Lipinski definition) is 5. The smallest absolute Gasteiger partial charge is 0.421 e. The molecule has 0 radical (unpaired) electrons. The molecule has 3 aromatic heterocycles. The molecule has 0 aromatic carbocycles. The number of nitrogens with zero attached hydrogens (tertiary/aromatic N) is 5. The molecular formula is C16H13ClF3N5O. The fourth-order valence-corrected chi connectivity index (χ4v) is 3.12. The molecule has 1 aliphatic carbocycles. The Kier molecular flexibility index (Phi) is 4.18. The van der Waals surface area contributed by atoms with E-state index in [1.54, 1.807) is 24.5 Å². The maximum Gasteiger partial charge on any atom is 0.436 e. The number of aryl methyl sites for hydroxylation is 2. The third-order valence-electron chi connectivity index (χ3n) is 4.10. The second-order valence-corrected chi connectivity index (χ2v) is 6.41. The van der Waals surface area contributed by atoms with E-state index in [1.165, 1.54) is 4.68 Å². The predicted molar refractivity (Wildman–Crippen MR) is 85.4 cm³/mol. The van der Waals surface area contributed by atoms with E-state index in [0.29, 0.717) is 17.5 Å². The molecular weight excluding hydrogens is 371 g/mol. The maximum atomic E-state index is 13.1. The van der Waals surface area contributed by atoms with Gasteiger partial charge >= 0.3 is 6.18 Å². The maximum absolute atomic E-state index is 13.1. The van der Waals surface area contributed by atoms with E-state index in [1.807, 2.05) is 0 Å². The number of alkyl halides is 3. The molecule has 3 aromatic rings. The van der Waals surface area contributed by atoms with Crippen molar-refractivity contribution in [2.75, 3.05) is 0 Å². The lowest BCUT2D eigenvalue weighted by Gasteiger charge is -2.04. The Balaban J connectivity index is 1.54. The van der Waals surface area contributed by atoms with Crippen molar-refractivity contribution in [1.29, 1.82) is 0 Å². The van der Waals surface area contributed by atoms with Crippen molar-refractivity contribution in [3.63, 3.8) is 0 Å². The van der Waals surface area contributed by atoms with E-state index in [4.69, 9.17) is 16.0 Å². The lowest BCUT2D eigenvalue weighted by molar-refractivity contribution is -0.141. The van der Waals surface area contributed by atoms with Crippen LogP contribution in [0, 0.1) is 0 Å². The van der Waals surface area contributed by atoms with Gasteiger partial charge in [0, 0.05) is 30.3 Å². The van der Waals surface area contributed by atoms with Crippen LogP contribution in [0.25, 0.3) is 11.5 Å². The van der Waals surface area contributed by atoms with Gasteiger partial charge in [-0.1, -0.05) is 11.6 Å². The van der Waals surface area contributed by atoms with Crippen molar-refractivity contribution in [3.05, 3.63) is 46.8 Å². The topological polar surface area (TPSA) is 69.6 Å². The zero-order valence-corrected chi connectivity index (χ0v) is 14.1. The molecule has 6 nitrogen and oxygen atoms in total. The van der Waals surface area contributed by atoms with Crippen molar-refractivity contribution < 1.29 is 17.6 Å². The standard InChI is InChI=1S/C16H13ClF3N5O/c17-12-13(9-1-2-9)25(24-14(12)16(18,19)20)8-5-11-22-23-15(26-11)10-3-6-21-7-4-10/h3-4,6-7,9H,1-2,5,8H2. The highest BCUT2D eigenvalue weighted by Gasteiger charge is 2.42. The first kappa shape index (κ1) is 17.0. The highest BCUT2D eigenvalue weighted by molar-refractivity contribution is 6.32. The second-order valence-electron chi connectivity index (χ2n) is 6.03. The Labute approximate surface area is 151 Å². The van der Waals surface area contributed by atoms with Gasteiger partial charge in [0.25, 0.3) is 0 Å². The summed E-state index contributed by atoms with van der Waals surface area (Å²) in [4.78, 5) is 3.91. The zero-order valence-electron chi connectivity index (χ0n) is 13.4. The molecule has 136 valence electrons. The monoisotopic (exact) mass is 383 g/mol. The van der Waals surface area contributed by atoms with Gasteiger partial charge in [0.05, 0.1) is 17.3 Å². The molecule has 0 unspecified atom stereocenters. The summed E-state index contributed by atoms with van der Waals surface area (Å²) in [6, 6.07) is 3.46. The molecule has 4 rings (SSSR count). The molecule has 1 saturated carbocycles. The minimum Gasteiger partial charge on any atom is -0.421 e. The van der Waals surface area contributed by atoms with Crippen molar-refractivity contribution >= 4 is 11.6 Å². The summed E-state index contributed by atoms with van der Waals surface area (Å²) in [5.74, 6) is 0.680. The van der Waals surface area contributed by atoms with Gasteiger partial charge in [0.2, 0.25) is 11.8 Å². The lowest BCUT2D eigenvalue weighted by atomic mass is 10.2. The van der Waals surface area contributed by atoms with Crippen LogP contribution in [0.15, 0.2) is 28.9 Å². The van der Waals surface area contributed by atoms with Gasteiger partial charge in [-0.3, -0.25) is 9.67 Å².